The number of hydrogen-bond acceptors (Lipinski definition) is 5. The van der Waals surface area contributed by atoms with Gasteiger partial charge in [0.1, 0.15) is 0 Å². The average Bonchev–Trinajstić information content (AvgIpc) is 2.80. The minimum atomic E-state index is -0.472. The number of nitrogens with one attached hydrogen (secondary N) is 2. The zero-order valence-corrected chi connectivity index (χ0v) is 11.0. The van der Waals surface area contributed by atoms with Crippen molar-refractivity contribution in [3.8, 4) is 0 Å². The third kappa shape index (κ3) is 3.44. The lowest BCUT2D eigenvalue weighted by molar-refractivity contribution is 0.181. The second-order valence-electron chi connectivity index (χ2n) is 5.14. The molecule has 0 radical (unpaired) electrons. The molecule has 5 heteroatoms. The molecule has 1 atom stereocenters. The van der Waals surface area contributed by atoms with E-state index in [1.807, 2.05) is 16.8 Å². The maximum absolute atomic E-state index is 9.90. The largest absolute Gasteiger partial charge is 0.387 e. The quantitative estimate of drug-likeness (QED) is 0.762. The molecule has 17 heavy (non-hydrogen) atoms. The van der Waals surface area contributed by atoms with E-state index in [0.717, 1.165) is 24.6 Å². The first-order valence-electron chi connectivity index (χ1n) is 5.79. The summed E-state index contributed by atoms with van der Waals surface area (Å²) < 4.78 is 0. The van der Waals surface area contributed by atoms with E-state index in [4.69, 9.17) is 0 Å². The Morgan fingerprint density at radius 2 is 2.47 bits per heavy atom. The summed E-state index contributed by atoms with van der Waals surface area (Å²) in [5.74, 6) is 0.790. The number of aliphatic hydroxyl groups excluding tert-OH is 1. The molecule has 0 aromatic carbocycles. The first-order chi connectivity index (χ1) is 8.07. The highest BCUT2D eigenvalue weighted by Gasteiger charge is 2.22. The van der Waals surface area contributed by atoms with E-state index in [1.54, 1.807) is 11.3 Å². The molecule has 2 heterocycles. The summed E-state index contributed by atoms with van der Waals surface area (Å²) in [5.41, 5.74) is 1.18. The van der Waals surface area contributed by atoms with Crippen molar-refractivity contribution < 1.29 is 5.11 Å². The van der Waals surface area contributed by atoms with Gasteiger partial charge >= 0.3 is 0 Å². The first kappa shape index (κ1) is 12.4. The Labute approximate surface area is 106 Å². The van der Waals surface area contributed by atoms with Gasteiger partial charge < -0.3 is 15.7 Å². The van der Waals surface area contributed by atoms with Gasteiger partial charge in [-0.25, -0.2) is 0 Å². The molecule has 0 spiro atoms. The van der Waals surface area contributed by atoms with Gasteiger partial charge in [-0.05, 0) is 22.4 Å². The van der Waals surface area contributed by atoms with Gasteiger partial charge in [-0.15, -0.1) is 0 Å². The van der Waals surface area contributed by atoms with Crippen molar-refractivity contribution in [3.63, 3.8) is 0 Å². The van der Waals surface area contributed by atoms with Gasteiger partial charge in [-0.2, -0.15) is 11.3 Å². The smallest absolute Gasteiger partial charge is 0.191 e. The molecule has 0 saturated heterocycles. The lowest BCUT2D eigenvalue weighted by Gasteiger charge is -2.29. The maximum atomic E-state index is 9.90. The highest BCUT2D eigenvalue weighted by molar-refractivity contribution is 7.07. The third-order valence-electron chi connectivity index (χ3n) is 2.79. The summed E-state index contributed by atoms with van der Waals surface area (Å²) in [7, 11) is 0. The molecule has 0 amide bonds. The average molecular weight is 253 g/mol. The van der Waals surface area contributed by atoms with Crippen molar-refractivity contribution in [2.24, 2.45) is 10.4 Å². The molecular weight excluding hydrogens is 234 g/mol. The summed E-state index contributed by atoms with van der Waals surface area (Å²) in [6, 6.07) is 1.94. The minimum Gasteiger partial charge on any atom is -0.387 e. The van der Waals surface area contributed by atoms with Crippen LogP contribution in [0.3, 0.4) is 0 Å². The van der Waals surface area contributed by atoms with Crippen LogP contribution in [0.15, 0.2) is 21.8 Å². The standard InChI is InChI=1S/C12H19N3OS/c1-12(2)7-14-11(15-8-12)13-5-10(16)9-3-4-17-6-9/h3-4,6,10,16H,5,7-8H2,1-2H3,(H2,13,14,15). The van der Waals surface area contributed by atoms with Gasteiger partial charge in [0.2, 0.25) is 0 Å². The van der Waals surface area contributed by atoms with Gasteiger partial charge in [-0.3, -0.25) is 4.99 Å². The number of hydrogen-bond donors (Lipinski definition) is 3. The Morgan fingerprint density at radius 1 is 1.65 bits per heavy atom. The highest BCUT2D eigenvalue weighted by atomic mass is 32.1. The number of thiophene rings is 1. The van der Waals surface area contributed by atoms with E-state index < -0.39 is 6.10 Å². The van der Waals surface area contributed by atoms with E-state index in [1.165, 1.54) is 0 Å². The van der Waals surface area contributed by atoms with Crippen LogP contribution >= 0.6 is 11.3 Å². The van der Waals surface area contributed by atoms with Gasteiger partial charge in [0.15, 0.2) is 5.96 Å². The van der Waals surface area contributed by atoms with Crippen molar-refractivity contribution in [1.29, 1.82) is 0 Å². The third-order valence-corrected chi connectivity index (χ3v) is 3.49. The molecule has 1 aliphatic heterocycles. The Morgan fingerprint density at radius 3 is 3.06 bits per heavy atom. The summed E-state index contributed by atoms with van der Waals surface area (Å²) in [4.78, 5) is 4.42. The van der Waals surface area contributed by atoms with Crippen molar-refractivity contribution >= 4 is 17.3 Å². The van der Waals surface area contributed by atoms with Crippen LogP contribution in [0.5, 0.6) is 0 Å². The van der Waals surface area contributed by atoms with E-state index in [2.05, 4.69) is 29.5 Å². The molecule has 94 valence electrons. The maximum Gasteiger partial charge on any atom is 0.191 e. The Hall–Kier alpha value is -1.07. The highest BCUT2D eigenvalue weighted by Crippen LogP contribution is 2.17. The molecule has 1 aromatic heterocycles. The number of rotatable bonds is 3. The van der Waals surface area contributed by atoms with Crippen LogP contribution < -0.4 is 10.6 Å². The Kier molecular flexibility index (Phi) is 3.69. The van der Waals surface area contributed by atoms with Crippen LogP contribution in [0.2, 0.25) is 0 Å². The zero-order chi connectivity index (χ0) is 12.3. The SMILES string of the molecule is CC1(C)CN=C(NCC(O)c2ccsc2)NC1. The molecule has 1 aliphatic rings. The predicted octanol–water partition coefficient (Wildman–Crippen LogP) is 1.36. The Bertz CT molecular complexity index is 386. The fraction of sp³-hybridized carbons (Fsp3) is 0.583. The first-order valence-corrected chi connectivity index (χ1v) is 6.73. The van der Waals surface area contributed by atoms with E-state index in [-0.39, 0.29) is 5.41 Å². The summed E-state index contributed by atoms with van der Waals surface area (Å²) in [6.45, 7) is 6.58. The minimum absolute atomic E-state index is 0.219. The zero-order valence-electron chi connectivity index (χ0n) is 10.2. The van der Waals surface area contributed by atoms with Crippen molar-refractivity contribution in [2.45, 2.75) is 20.0 Å². The summed E-state index contributed by atoms with van der Waals surface area (Å²) >= 11 is 1.60. The normalized spacial score (nSPS) is 20.3. The van der Waals surface area contributed by atoms with Gasteiger partial charge in [0.25, 0.3) is 0 Å². The number of aliphatic imine (C=N–C) groups is 1. The number of nitrogens with zero attached hydrogens (tertiary/aromatic N) is 1. The number of aliphatic hydroxyl groups is 1. The van der Waals surface area contributed by atoms with E-state index in [0.29, 0.717) is 6.54 Å². The van der Waals surface area contributed by atoms with Crippen LogP contribution in [0.25, 0.3) is 0 Å². The van der Waals surface area contributed by atoms with Crippen molar-refractivity contribution in [2.75, 3.05) is 19.6 Å². The van der Waals surface area contributed by atoms with Gasteiger partial charge in [-0.1, -0.05) is 13.8 Å². The Balaban J connectivity index is 1.81. The predicted molar refractivity (Wildman–Crippen MR) is 71.4 cm³/mol. The molecule has 0 fully saturated rings. The van der Waals surface area contributed by atoms with Crippen LogP contribution in [0.1, 0.15) is 25.5 Å². The number of guanidine groups is 1. The second kappa shape index (κ2) is 5.06. The molecule has 0 bridgehead atoms. The molecule has 0 saturated carbocycles. The van der Waals surface area contributed by atoms with Gasteiger partial charge in [0, 0.05) is 25.0 Å². The molecule has 3 N–H and O–H groups in total. The molecule has 1 aromatic rings. The van der Waals surface area contributed by atoms with Crippen molar-refractivity contribution in [3.05, 3.63) is 22.4 Å². The molecular formula is C12H19N3OS. The van der Waals surface area contributed by atoms with E-state index >= 15 is 0 Å². The van der Waals surface area contributed by atoms with Crippen LogP contribution in [-0.2, 0) is 0 Å². The lowest BCUT2D eigenvalue weighted by Crippen LogP contribution is -2.48. The van der Waals surface area contributed by atoms with Crippen LogP contribution in [0.4, 0.5) is 0 Å². The second-order valence-corrected chi connectivity index (χ2v) is 5.92. The van der Waals surface area contributed by atoms with Gasteiger partial charge in [0.05, 0.1) is 6.10 Å². The lowest BCUT2D eigenvalue weighted by atomic mass is 9.93. The fourth-order valence-electron chi connectivity index (χ4n) is 1.62. The summed E-state index contributed by atoms with van der Waals surface area (Å²) in [5, 5.41) is 20.2. The van der Waals surface area contributed by atoms with Crippen LogP contribution in [0, 0.1) is 5.41 Å². The molecule has 1 unspecified atom stereocenters. The molecule has 4 nitrogen and oxygen atoms in total. The monoisotopic (exact) mass is 253 g/mol. The summed E-state index contributed by atoms with van der Waals surface area (Å²) in [6.07, 6.45) is -0.472. The van der Waals surface area contributed by atoms with E-state index in [9.17, 15) is 5.11 Å². The van der Waals surface area contributed by atoms with Crippen LogP contribution in [-0.4, -0.2) is 30.7 Å². The molecule has 2 rings (SSSR count). The van der Waals surface area contributed by atoms with Crippen molar-refractivity contribution in [1.82, 2.24) is 10.6 Å². The topological polar surface area (TPSA) is 56.7 Å². The fourth-order valence-corrected chi connectivity index (χ4v) is 2.33. The molecule has 0 aliphatic carbocycles.